The van der Waals surface area contributed by atoms with Crippen molar-refractivity contribution in [3.8, 4) is 17.2 Å². The second-order valence-electron chi connectivity index (χ2n) is 5.35. The van der Waals surface area contributed by atoms with Gasteiger partial charge >= 0.3 is 0 Å². The third kappa shape index (κ3) is 3.22. The molecule has 1 aliphatic rings. The summed E-state index contributed by atoms with van der Waals surface area (Å²) >= 11 is 0. The van der Waals surface area contributed by atoms with Crippen molar-refractivity contribution in [1.82, 2.24) is 0 Å². The van der Waals surface area contributed by atoms with Gasteiger partial charge in [-0.15, -0.1) is 0 Å². The fourth-order valence-electron chi connectivity index (χ4n) is 2.65. The third-order valence-electron chi connectivity index (χ3n) is 3.85. The smallest absolute Gasteiger partial charge is 0.258 e. The molecule has 0 spiro atoms. The van der Waals surface area contributed by atoms with Crippen LogP contribution in [0, 0.1) is 11.6 Å². The topological polar surface area (TPSA) is 48.0 Å². The van der Waals surface area contributed by atoms with Crippen molar-refractivity contribution in [3.63, 3.8) is 0 Å². The van der Waals surface area contributed by atoms with Gasteiger partial charge in [-0.3, -0.25) is 4.79 Å². The molecule has 0 saturated carbocycles. The first-order valence-electron chi connectivity index (χ1n) is 7.79. The Kier molecular flexibility index (Phi) is 4.74. The van der Waals surface area contributed by atoms with Crippen LogP contribution in [0.4, 0.5) is 14.5 Å². The number of carbonyl (C=O) groups excluding carboxylic acids is 1. The maximum Gasteiger partial charge on any atom is 0.258 e. The lowest BCUT2D eigenvalue weighted by molar-refractivity contribution is 0.0986. The van der Waals surface area contributed by atoms with Crippen molar-refractivity contribution in [2.75, 3.05) is 31.8 Å². The van der Waals surface area contributed by atoms with Crippen LogP contribution in [0.3, 0.4) is 0 Å². The Morgan fingerprint density at radius 1 is 1.16 bits per heavy atom. The molecule has 1 amide bonds. The van der Waals surface area contributed by atoms with Crippen molar-refractivity contribution in [2.24, 2.45) is 0 Å². The van der Waals surface area contributed by atoms with Gasteiger partial charge < -0.3 is 19.1 Å². The molecular weight excluding hydrogens is 332 g/mol. The standard InChI is InChI=1S/C18H17F2NO4/c1-3-21(12-4-5-13(19)14(20)10-12)18(22)11-8-15(23-2)17-16(9-11)24-6-7-25-17/h4-5,8-10H,3,6-7H2,1-2H3. The SMILES string of the molecule is CCN(C(=O)c1cc(OC)c2c(c1)OCCO2)c1ccc(F)c(F)c1. The number of ether oxygens (including phenoxy) is 3. The first-order chi connectivity index (χ1) is 12.0. The molecule has 25 heavy (non-hydrogen) atoms. The Hall–Kier alpha value is -2.83. The number of halogens is 2. The molecule has 7 heteroatoms. The Morgan fingerprint density at radius 2 is 1.92 bits per heavy atom. The summed E-state index contributed by atoms with van der Waals surface area (Å²) in [4.78, 5) is 14.2. The van der Waals surface area contributed by atoms with Crippen molar-refractivity contribution >= 4 is 11.6 Å². The highest BCUT2D eigenvalue weighted by atomic mass is 19.2. The second-order valence-corrected chi connectivity index (χ2v) is 5.35. The van der Waals surface area contributed by atoms with Gasteiger partial charge in [-0.1, -0.05) is 0 Å². The average molecular weight is 349 g/mol. The fraction of sp³-hybridized carbons (Fsp3) is 0.278. The summed E-state index contributed by atoms with van der Waals surface area (Å²) in [5, 5.41) is 0. The number of nitrogens with zero attached hydrogens (tertiary/aromatic N) is 1. The molecule has 0 aliphatic carbocycles. The summed E-state index contributed by atoms with van der Waals surface area (Å²) in [6.45, 7) is 2.79. The second kappa shape index (κ2) is 6.96. The van der Waals surface area contributed by atoms with Gasteiger partial charge in [0.2, 0.25) is 5.75 Å². The monoisotopic (exact) mass is 349 g/mol. The van der Waals surface area contributed by atoms with Gasteiger partial charge in [0.1, 0.15) is 13.2 Å². The Morgan fingerprint density at radius 3 is 2.60 bits per heavy atom. The Labute approximate surface area is 143 Å². The summed E-state index contributed by atoms with van der Waals surface area (Å²) in [5.74, 6) is -1.13. The predicted octanol–water partition coefficient (Wildman–Crippen LogP) is 3.41. The third-order valence-corrected chi connectivity index (χ3v) is 3.85. The van der Waals surface area contributed by atoms with Gasteiger partial charge in [0, 0.05) is 23.9 Å². The Balaban J connectivity index is 1.99. The van der Waals surface area contributed by atoms with Crippen LogP contribution in [-0.4, -0.2) is 32.8 Å². The first-order valence-corrected chi connectivity index (χ1v) is 7.79. The van der Waals surface area contributed by atoms with Crippen molar-refractivity contribution in [3.05, 3.63) is 47.5 Å². The van der Waals surface area contributed by atoms with Gasteiger partial charge in [-0.25, -0.2) is 8.78 Å². The molecule has 0 N–H and O–H groups in total. The quantitative estimate of drug-likeness (QED) is 0.849. The highest BCUT2D eigenvalue weighted by molar-refractivity contribution is 6.06. The number of rotatable bonds is 4. The summed E-state index contributed by atoms with van der Waals surface area (Å²) in [5.41, 5.74) is 0.563. The minimum atomic E-state index is -1.01. The number of anilines is 1. The first kappa shape index (κ1) is 17.0. The molecule has 132 valence electrons. The van der Waals surface area contributed by atoms with Gasteiger partial charge in [0.25, 0.3) is 5.91 Å². The van der Waals surface area contributed by atoms with Gasteiger partial charge in [-0.05, 0) is 31.2 Å². The van der Waals surface area contributed by atoms with Crippen LogP contribution in [-0.2, 0) is 0 Å². The largest absolute Gasteiger partial charge is 0.493 e. The number of hydrogen-bond acceptors (Lipinski definition) is 4. The van der Waals surface area contributed by atoms with Crippen LogP contribution in [0.2, 0.25) is 0 Å². The lowest BCUT2D eigenvalue weighted by Crippen LogP contribution is -2.31. The number of hydrogen-bond donors (Lipinski definition) is 0. The molecule has 0 aromatic heterocycles. The fourth-order valence-corrected chi connectivity index (χ4v) is 2.65. The van der Waals surface area contributed by atoms with Crippen LogP contribution >= 0.6 is 0 Å². The number of benzene rings is 2. The minimum absolute atomic E-state index is 0.264. The van der Waals surface area contributed by atoms with Crippen molar-refractivity contribution in [1.29, 1.82) is 0 Å². The Bertz CT molecular complexity index is 793. The highest BCUT2D eigenvalue weighted by Crippen LogP contribution is 2.40. The van der Waals surface area contributed by atoms with Gasteiger partial charge in [0.05, 0.1) is 7.11 Å². The molecule has 0 atom stereocenters. The molecule has 0 fully saturated rings. The molecule has 3 rings (SSSR count). The molecule has 5 nitrogen and oxygen atoms in total. The molecule has 0 bridgehead atoms. The molecule has 1 heterocycles. The van der Waals surface area contributed by atoms with E-state index in [-0.39, 0.29) is 18.1 Å². The molecule has 1 aliphatic heterocycles. The summed E-state index contributed by atoms with van der Waals surface area (Å²) in [6, 6.07) is 6.44. The number of amides is 1. The minimum Gasteiger partial charge on any atom is -0.493 e. The highest BCUT2D eigenvalue weighted by Gasteiger charge is 2.24. The van der Waals surface area contributed by atoms with Gasteiger partial charge in [0.15, 0.2) is 23.1 Å². The summed E-state index contributed by atoms with van der Waals surface area (Å²) < 4.78 is 43.0. The maximum absolute atomic E-state index is 13.5. The zero-order valence-electron chi connectivity index (χ0n) is 13.8. The molecule has 2 aromatic rings. The van der Waals surface area contributed by atoms with Gasteiger partial charge in [-0.2, -0.15) is 0 Å². The summed E-state index contributed by atoms with van der Waals surface area (Å²) in [6.07, 6.45) is 0. The van der Waals surface area contributed by atoms with E-state index in [4.69, 9.17) is 14.2 Å². The van der Waals surface area contributed by atoms with E-state index in [0.29, 0.717) is 36.0 Å². The average Bonchev–Trinajstić information content (AvgIpc) is 2.64. The van der Waals surface area contributed by atoms with Crippen molar-refractivity contribution < 1.29 is 27.8 Å². The van der Waals surface area contributed by atoms with E-state index < -0.39 is 11.6 Å². The van der Waals surface area contributed by atoms with E-state index >= 15 is 0 Å². The van der Waals surface area contributed by atoms with Crippen LogP contribution in [0.25, 0.3) is 0 Å². The molecule has 2 aromatic carbocycles. The van der Waals surface area contributed by atoms with Crippen LogP contribution in [0.5, 0.6) is 17.2 Å². The van der Waals surface area contributed by atoms with E-state index in [1.54, 1.807) is 19.1 Å². The number of fused-ring (bicyclic) bond motifs is 1. The number of methoxy groups -OCH3 is 1. The van der Waals surface area contributed by atoms with E-state index in [1.165, 1.54) is 18.1 Å². The van der Waals surface area contributed by atoms with Crippen molar-refractivity contribution in [2.45, 2.75) is 6.92 Å². The van der Waals surface area contributed by atoms with E-state index in [2.05, 4.69) is 0 Å². The lowest BCUT2D eigenvalue weighted by Gasteiger charge is -2.24. The van der Waals surface area contributed by atoms with E-state index in [1.807, 2.05) is 0 Å². The maximum atomic E-state index is 13.5. The zero-order chi connectivity index (χ0) is 18.0. The predicted molar refractivity (Wildman–Crippen MR) is 87.7 cm³/mol. The van der Waals surface area contributed by atoms with E-state index in [0.717, 1.165) is 12.1 Å². The van der Waals surface area contributed by atoms with E-state index in [9.17, 15) is 13.6 Å². The lowest BCUT2D eigenvalue weighted by atomic mass is 10.1. The molecule has 0 saturated heterocycles. The molecule has 0 unspecified atom stereocenters. The van der Waals surface area contributed by atoms with Crippen LogP contribution < -0.4 is 19.1 Å². The number of carbonyl (C=O) groups is 1. The van der Waals surface area contributed by atoms with Crippen LogP contribution in [0.15, 0.2) is 30.3 Å². The summed E-state index contributed by atoms with van der Waals surface area (Å²) in [7, 11) is 1.47. The zero-order valence-corrected chi connectivity index (χ0v) is 13.8. The molecule has 0 radical (unpaired) electrons. The normalized spacial score (nSPS) is 12.6. The molecular formula is C18H17F2NO4. The van der Waals surface area contributed by atoms with Crippen LogP contribution in [0.1, 0.15) is 17.3 Å².